The zero-order chi connectivity index (χ0) is 36.0. The van der Waals surface area contributed by atoms with E-state index in [1.54, 1.807) is 12.1 Å². The number of aromatic nitrogens is 2. The Hall–Kier alpha value is -5.80. The first kappa shape index (κ1) is 32.4. The van der Waals surface area contributed by atoms with Crippen LogP contribution in [-0.2, 0) is 10.8 Å². The molecule has 2 aromatic heterocycles. The maximum absolute atomic E-state index is 15.7. The number of rotatable bonds is 3. The molecule has 0 aliphatic rings. The van der Waals surface area contributed by atoms with E-state index in [4.69, 9.17) is 0 Å². The summed E-state index contributed by atoms with van der Waals surface area (Å²) >= 11 is 0. The molecule has 252 valence electrons. The van der Waals surface area contributed by atoms with Gasteiger partial charge in [-0.15, -0.1) is 0 Å². The van der Waals surface area contributed by atoms with Gasteiger partial charge >= 0.3 is 0 Å². The molecular weight excluding hydrogens is 640 g/mol. The molecule has 8 aromatic rings. The fourth-order valence-corrected chi connectivity index (χ4v) is 7.43. The first-order valence-corrected chi connectivity index (χ1v) is 17.1. The summed E-state index contributed by atoms with van der Waals surface area (Å²) in [5.41, 5.74) is 6.33. The molecule has 0 amide bonds. The Bertz CT molecular complexity index is 2590. The van der Waals surface area contributed by atoms with Crippen molar-refractivity contribution in [3.05, 3.63) is 143 Å². The molecule has 6 heteroatoms. The lowest BCUT2D eigenvalue weighted by atomic mass is 9.86. The van der Waals surface area contributed by atoms with Crippen LogP contribution in [0.5, 0.6) is 0 Å². The Morgan fingerprint density at radius 3 is 1.33 bits per heavy atom. The zero-order valence-corrected chi connectivity index (χ0v) is 29.4. The van der Waals surface area contributed by atoms with Gasteiger partial charge in [0.1, 0.15) is 29.1 Å². The first-order chi connectivity index (χ1) is 24.3. The second-order valence-electron chi connectivity index (χ2n) is 15.4. The third kappa shape index (κ3) is 5.10. The molecule has 8 rings (SSSR count). The summed E-state index contributed by atoms with van der Waals surface area (Å²) in [6, 6.07) is 35.9. The summed E-state index contributed by atoms with van der Waals surface area (Å²) in [5, 5.41) is 15.1. The molecule has 0 N–H and O–H groups in total. The van der Waals surface area contributed by atoms with Gasteiger partial charge in [0.25, 0.3) is 0 Å². The van der Waals surface area contributed by atoms with Crippen LogP contribution in [0.4, 0.5) is 13.2 Å². The summed E-state index contributed by atoms with van der Waals surface area (Å²) in [6.07, 6.45) is 0. The number of hydrogen-bond donors (Lipinski definition) is 0. The summed E-state index contributed by atoms with van der Waals surface area (Å²) in [7, 11) is 0. The summed E-state index contributed by atoms with van der Waals surface area (Å²) in [6.45, 7) is 12.9. The normalized spacial score (nSPS) is 12.4. The quantitative estimate of drug-likeness (QED) is 0.183. The standard InChI is InChI=1S/C45H36F3N3/c1-44(2,3)27-15-17-32-30-11-7-9-13-37(30)50(41(32)21-27)39-19-26(43-35(47)23-29(46)24-36(43)48)20-40(34(39)25-49)51-38-14-10-8-12-31(38)33-18-16-28(22-42(33)51)45(4,5)6/h7-24H,1-6H3. The predicted octanol–water partition coefficient (Wildman–Crippen LogP) is 12.4. The highest BCUT2D eigenvalue weighted by atomic mass is 19.1. The van der Waals surface area contributed by atoms with Gasteiger partial charge in [-0.25, -0.2) is 13.2 Å². The van der Waals surface area contributed by atoms with Crippen molar-refractivity contribution in [3.63, 3.8) is 0 Å². The summed E-state index contributed by atoms with van der Waals surface area (Å²) < 4.78 is 49.8. The lowest BCUT2D eigenvalue weighted by Crippen LogP contribution is -2.11. The maximum Gasteiger partial charge on any atom is 0.136 e. The van der Waals surface area contributed by atoms with Crippen molar-refractivity contribution in [1.82, 2.24) is 9.13 Å². The highest BCUT2D eigenvalue weighted by molar-refractivity contribution is 6.11. The van der Waals surface area contributed by atoms with Gasteiger partial charge in [-0.1, -0.05) is 102 Å². The smallest absolute Gasteiger partial charge is 0.136 e. The van der Waals surface area contributed by atoms with Crippen molar-refractivity contribution < 1.29 is 13.2 Å². The highest BCUT2D eigenvalue weighted by Crippen LogP contribution is 2.42. The van der Waals surface area contributed by atoms with E-state index in [1.807, 2.05) is 57.7 Å². The SMILES string of the molecule is CC(C)(C)c1ccc2c3ccccc3n(-c3cc(-c4c(F)cc(F)cc4F)cc(-n4c5ccccc5c5ccc(C(C)(C)C)cc54)c3C#N)c2c1. The monoisotopic (exact) mass is 675 g/mol. The molecule has 0 aliphatic carbocycles. The van der Waals surface area contributed by atoms with Crippen LogP contribution in [0.25, 0.3) is 66.1 Å². The molecule has 0 spiro atoms. The fourth-order valence-electron chi connectivity index (χ4n) is 7.43. The number of hydrogen-bond acceptors (Lipinski definition) is 1. The molecule has 6 aromatic carbocycles. The van der Waals surface area contributed by atoms with Gasteiger partial charge in [0.05, 0.1) is 39.0 Å². The molecule has 0 fully saturated rings. The zero-order valence-electron chi connectivity index (χ0n) is 29.4. The number of nitrogens with zero attached hydrogens (tertiary/aromatic N) is 3. The van der Waals surface area contributed by atoms with E-state index in [-0.39, 0.29) is 22.0 Å². The van der Waals surface area contributed by atoms with Crippen LogP contribution in [0.3, 0.4) is 0 Å². The minimum Gasteiger partial charge on any atom is -0.308 e. The summed E-state index contributed by atoms with van der Waals surface area (Å²) in [4.78, 5) is 0. The van der Waals surface area contributed by atoms with Crippen LogP contribution in [0.1, 0.15) is 58.2 Å². The van der Waals surface area contributed by atoms with Gasteiger partial charge in [0, 0.05) is 33.7 Å². The van der Waals surface area contributed by atoms with E-state index in [0.29, 0.717) is 29.1 Å². The molecule has 0 radical (unpaired) electrons. The van der Waals surface area contributed by atoms with Gasteiger partial charge in [-0.2, -0.15) is 5.26 Å². The Kier molecular flexibility index (Phi) is 7.22. The summed E-state index contributed by atoms with van der Waals surface area (Å²) in [5.74, 6) is -3.05. The third-order valence-corrected chi connectivity index (χ3v) is 10.1. The van der Waals surface area contributed by atoms with Crippen LogP contribution in [0.15, 0.2) is 109 Å². The Balaban J connectivity index is 1.59. The number of para-hydroxylation sites is 2. The number of benzene rings is 6. The Morgan fingerprint density at radius 2 is 0.922 bits per heavy atom. The van der Waals surface area contributed by atoms with Gasteiger partial charge < -0.3 is 9.13 Å². The van der Waals surface area contributed by atoms with Gasteiger partial charge in [-0.05, 0) is 63.9 Å². The van der Waals surface area contributed by atoms with E-state index in [1.165, 1.54) is 0 Å². The number of halogens is 3. The minimum absolute atomic E-state index is 0.172. The van der Waals surface area contributed by atoms with Crippen LogP contribution >= 0.6 is 0 Å². The van der Waals surface area contributed by atoms with E-state index in [9.17, 15) is 9.65 Å². The van der Waals surface area contributed by atoms with Crippen LogP contribution < -0.4 is 0 Å². The van der Waals surface area contributed by atoms with Crippen LogP contribution in [-0.4, -0.2) is 9.13 Å². The van der Waals surface area contributed by atoms with Crippen molar-refractivity contribution in [2.45, 2.75) is 52.4 Å². The van der Waals surface area contributed by atoms with E-state index >= 15 is 8.78 Å². The lowest BCUT2D eigenvalue weighted by molar-refractivity contribution is 0.548. The Morgan fingerprint density at radius 1 is 0.510 bits per heavy atom. The number of fused-ring (bicyclic) bond motifs is 6. The average molecular weight is 676 g/mol. The van der Waals surface area contributed by atoms with E-state index in [0.717, 1.165) is 54.7 Å². The second kappa shape index (κ2) is 11.4. The van der Waals surface area contributed by atoms with Crippen molar-refractivity contribution >= 4 is 43.6 Å². The minimum atomic E-state index is -1.02. The van der Waals surface area contributed by atoms with E-state index < -0.39 is 17.5 Å². The van der Waals surface area contributed by atoms with Gasteiger partial charge in [0.15, 0.2) is 0 Å². The van der Waals surface area contributed by atoms with Gasteiger partial charge in [-0.3, -0.25) is 0 Å². The Labute approximate surface area is 294 Å². The molecule has 0 unspecified atom stereocenters. The van der Waals surface area contributed by atoms with Crippen LogP contribution in [0.2, 0.25) is 0 Å². The van der Waals surface area contributed by atoms with Crippen molar-refractivity contribution in [1.29, 1.82) is 5.26 Å². The molecule has 3 nitrogen and oxygen atoms in total. The lowest BCUT2D eigenvalue weighted by Gasteiger charge is -2.22. The largest absolute Gasteiger partial charge is 0.308 e. The topological polar surface area (TPSA) is 33.6 Å². The van der Waals surface area contributed by atoms with Crippen molar-refractivity contribution in [2.75, 3.05) is 0 Å². The molecule has 0 atom stereocenters. The third-order valence-electron chi connectivity index (χ3n) is 10.1. The molecule has 0 aliphatic heterocycles. The number of nitriles is 1. The fraction of sp³-hybridized carbons (Fsp3) is 0.178. The molecule has 0 saturated carbocycles. The second-order valence-corrected chi connectivity index (χ2v) is 15.4. The van der Waals surface area contributed by atoms with Crippen molar-refractivity contribution in [2.24, 2.45) is 0 Å². The maximum atomic E-state index is 15.7. The molecule has 2 heterocycles. The average Bonchev–Trinajstić information content (AvgIpc) is 3.59. The molecule has 0 saturated heterocycles. The first-order valence-electron chi connectivity index (χ1n) is 17.1. The predicted molar refractivity (Wildman–Crippen MR) is 203 cm³/mol. The van der Waals surface area contributed by atoms with Gasteiger partial charge in [0.2, 0.25) is 0 Å². The van der Waals surface area contributed by atoms with Crippen molar-refractivity contribution in [3.8, 4) is 28.6 Å². The molecule has 51 heavy (non-hydrogen) atoms. The highest BCUT2D eigenvalue weighted by Gasteiger charge is 2.26. The van der Waals surface area contributed by atoms with Crippen LogP contribution in [0, 0.1) is 28.8 Å². The molecular formula is C45H36F3N3. The molecule has 0 bridgehead atoms. The van der Waals surface area contributed by atoms with E-state index in [2.05, 4.69) is 84.0 Å².